The summed E-state index contributed by atoms with van der Waals surface area (Å²) in [7, 11) is -3.43. The lowest BCUT2D eigenvalue weighted by Crippen LogP contribution is -2.38. The van der Waals surface area contributed by atoms with E-state index in [0.29, 0.717) is 18.0 Å². The maximum atomic E-state index is 12.9. The number of rotatable bonds is 4. The summed E-state index contributed by atoms with van der Waals surface area (Å²) in [6.45, 7) is 3.07. The number of piperidine rings is 1. The maximum Gasteiger partial charge on any atom is 0.243 e. The van der Waals surface area contributed by atoms with Crippen molar-refractivity contribution in [2.45, 2.75) is 37.0 Å². The van der Waals surface area contributed by atoms with Crippen molar-refractivity contribution >= 4 is 15.7 Å². The Bertz CT molecular complexity index is 1000. The largest absolute Gasteiger partial charge is 0.286 e. The summed E-state index contributed by atoms with van der Waals surface area (Å²) >= 11 is 0. The van der Waals surface area contributed by atoms with Gasteiger partial charge in [-0.2, -0.15) is 4.31 Å². The Morgan fingerprint density at radius 2 is 1.77 bits per heavy atom. The Morgan fingerprint density at radius 1 is 1.04 bits per heavy atom. The molecule has 3 aromatic rings. The molecule has 0 spiro atoms. The molecular weight excluding hydrogens is 348 g/mol. The molecule has 1 aliphatic heterocycles. The van der Waals surface area contributed by atoms with Crippen molar-refractivity contribution in [3.63, 3.8) is 0 Å². The fraction of sp³-hybridized carbons (Fsp3) is 0.368. The molecule has 136 valence electrons. The molecule has 0 saturated carbocycles. The van der Waals surface area contributed by atoms with Crippen LogP contribution in [-0.4, -0.2) is 40.4 Å². The molecule has 4 rings (SSSR count). The lowest BCUT2D eigenvalue weighted by Gasteiger charge is -2.30. The average Bonchev–Trinajstić information content (AvgIpc) is 3.12. The van der Waals surface area contributed by atoms with Crippen LogP contribution >= 0.6 is 0 Å². The van der Waals surface area contributed by atoms with Gasteiger partial charge in [0.1, 0.15) is 5.82 Å². The zero-order chi connectivity index (χ0) is 18.1. The van der Waals surface area contributed by atoms with Crippen LogP contribution < -0.4 is 0 Å². The summed E-state index contributed by atoms with van der Waals surface area (Å²) in [6.07, 6.45) is 4.37. The van der Waals surface area contributed by atoms with E-state index < -0.39 is 10.0 Å². The molecule has 1 aliphatic rings. The summed E-state index contributed by atoms with van der Waals surface area (Å²) in [4.78, 5) is 0.376. The second kappa shape index (κ2) is 6.81. The zero-order valence-electron chi connectivity index (χ0n) is 14.7. The average molecular weight is 370 g/mol. The standard InChI is InChI=1S/C19H22N4O2S/c1-2-15-6-8-17(9-7-15)26(24,25)22-13-10-16(11-14-22)19-21-20-18-5-3-4-12-23(18)19/h3-9,12,16H,2,10-11,13-14H2,1H3. The highest BCUT2D eigenvalue weighted by Crippen LogP contribution is 2.30. The van der Waals surface area contributed by atoms with Crippen LogP contribution in [0.25, 0.3) is 5.65 Å². The molecule has 26 heavy (non-hydrogen) atoms. The third kappa shape index (κ3) is 3.01. The van der Waals surface area contributed by atoms with Crippen LogP contribution in [0.4, 0.5) is 0 Å². The minimum absolute atomic E-state index is 0.223. The van der Waals surface area contributed by atoms with Crippen LogP contribution in [0.2, 0.25) is 0 Å². The quantitative estimate of drug-likeness (QED) is 0.708. The first-order valence-electron chi connectivity index (χ1n) is 8.98. The molecule has 0 unspecified atom stereocenters. The Kier molecular flexibility index (Phi) is 4.50. The van der Waals surface area contributed by atoms with E-state index in [1.807, 2.05) is 40.9 Å². The number of aromatic nitrogens is 3. The van der Waals surface area contributed by atoms with Crippen molar-refractivity contribution in [3.8, 4) is 0 Å². The number of benzene rings is 1. The lowest BCUT2D eigenvalue weighted by molar-refractivity contribution is 0.312. The Labute approximate surface area is 153 Å². The highest BCUT2D eigenvalue weighted by Gasteiger charge is 2.31. The van der Waals surface area contributed by atoms with Crippen molar-refractivity contribution < 1.29 is 8.42 Å². The summed E-state index contributed by atoms with van der Waals surface area (Å²) in [5.41, 5.74) is 1.97. The van der Waals surface area contributed by atoms with Crippen LogP contribution in [-0.2, 0) is 16.4 Å². The van der Waals surface area contributed by atoms with Crippen LogP contribution in [0.1, 0.15) is 37.1 Å². The van der Waals surface area contributed by atoms with Crippen LogP contribution in [0.3, 0.4) is 0 Å². The molecule has 3 heterocycles. The number of sulfonamides is 1. The SMILES string of the molecule is CCc1ccc(S(=O)(=O)N2CCC(c3nnc4ccccn34)CC2)cc1. The fourth-order valence-corrected chi connectivity index (χ4v) is 5.01. The molecule has 0 atom stereocenters. The molecule has 0 aliphatic carbocycles. The van der Waals surface area contributed by atoms with Gasteiger partial charge in [-0.25, -0.2) is 8.42 Å². The first kappa shape index (κ1) is 17.2. The van der Waals surface area contributed by atoms with Gasteiger partial charge in [0.2, 0.25) is 10.0 Å². The van der Waals surface area contributed by atoms with Gasteiger partial charge in [0.25, 0.3) is 0 Å². The predicted octanol–water partition coefficient (Wildman–Crippen LogP) is 2.86. The van der Waals surface area contributed by atoms with Crippen LogP contribution in [0.5, 0.6) is 0 Å². The van der Waals surface area contributed by atoms with E-state index in [9.17, 15) is 8.42 Å². The van der Waals surface area contributed by atoms with E-state index in [0.717, 1.165) is 36.3 Å². The summed E-state index contributed by atoms with van der Waals surface area (Å²) in [5.74, 6) is 1.14. The van der Waals surface area contributed by atoms with E-state index in [4.69, 9.17) is 0 Å². The third-order valence-corrected chi connectivity index (χ3v) is 7.04. The molecule has 1 fully saturated rings. The van der Waals surface area contributed by atoms with Gasteiger partial charge in [-0.3, -0.25) is 4.40 Å². The van der Waals surface area contributed by atoms with Crippen molar-refractivity contribution in [1.29, 1.82) is 0 Å². The van der Waals surface area contributed by atoms with Gasteiger partial charge >= 0.3 is 0 Å². The number of nitrogens with zero attached hydrogens (tertiary/aromatic N) is 4. The molecule has 6 nitrogen and oxygen atoms in total. The van der Waals surface area contributed by atoms with Gasteiger partial charge in [-0.05, 0) is 49.1 Å². The lowest BCUT2D eigenvalue weighted by atomic mass is 9.97. The van der Waals surface area contributed by atoms with E-state index in [1.165, 1.54) is 0 Å². The Morgan fingerprint density at radius 3 is 2.46 bits per heavy atom. The van der Waals surface area contributed by atoms with Gasteiger partial charge in [-0.1, -0.05) is 25.1 Å². The summed E-state index contributed by atoms with van der Waals surface area (Å²) < 4.78 is 29.4. The van der Waals surface area contributed by atoms with Crippen LogP contribution in [0, 0.1) is 0 Å². The van der Waals surface area contributed by atoms with Crippen molar-refractivity contribution in [2.75, 3.05) is 13.1 Å². The van der Waals surface area contributed by atoms with Gasteiger partial charge in [0, 0.05) is 25.2 Å². The van der Waals surface area contributed by atoms with Gasteiger partial charge in [0.05, 0.1) is 4.90 Å². The van der Waals surface area contributed by atoms with E-state index in [1.54, 1.807) is 16.4 Å². The number of aryl methyl sites for hydroxylation is 1. The van der Waals surface area contributed by atoms with E-state index in [2.05, 4.69) is 17.1 Å². The van der Waals surface area contributed by atoms with Gasteiger partial charge in [-0.15, -0.1) is 10.2 Å². The normalized spacial score (nSPS) is 17.0. The van der Waals surface area contributed by atoms with Crippen molar-refractivity contribution in [3.05, 3.63) is 60.0 Å². The molecule has 7 heteroatoms. The van der Waals surface area contributed by atoms with E-state index >= 15 is 0 Å². The second-order valence-electron chi connectivity index (χ2n) is 6.66. The van der Waals surface area contributed by atoms with E-state index in [-0.39, 0.29) is 5.92 Å². The Balaban J connectivity index is 1.50. The van der Waals surface area contributed by atoms with Gasteiger partial charge < -0.3 is 0 Å². The Hall–Kier alpha value is -2.25. The first-order chi connectivity index (χ1) is 12.6. The summed E-state index contributed by atoms with van der Waals surface area (Å²) in [6, 6.07) is 13.0. The molecule has 0 N–H and O–H groups in total. The third-order valence-electron chi connectivity index (χ3n) is 5.13. The topological polar surface area (TPSA) is 67.6 Å². The summed E-state index contributed by atoms with van der Waals surface area (Å²) in [5, 5.41) is 8.54. The monoisotopic (exact) mass is 370 g/mol. The molecule has 0 bridgehead atoms. The fourth-order valence-electron chi connectivity index (χ4n) is 3.54. The van der Waals surface area contributed by atoms with Crippen molar-refractivity contribution in [1.82, 2.24) is 18.9 Å². The number of hydrogen-bond donors (Lipinski definition) is 0. The minimum atomic E-state index is -3.43. The van der Waals surface area contributed by atoms with Crippen molar-refractivity contribution in [2.24, 2.45) is 0 Å². The van der Waals surface area contributed by atoms with Crippen LogP contribution in [0.15, 0.2) is 53.6 Å². The van der Waals surface area contributed by atoms with Gasteiger partial charge in [0.15, 0.2) is 5.65 Å². The number of fused-ring (bicyclic) bond motifs is 1. The molecular formula is C19H22N4O2S. The molecule has 1 saturated heterocycles. The first-order valence-corrected chi connectivity index (χ1v) is 10.4. The molecule has 1 aromatic carbocycles. The zero-order valence-corrected chi connectivity index (χ0v) is 15.6. The molecule has 2 aromatic heterocycles. The highest BCUT2D eigenvalue weighted by atomic mass is 32.2. The number of pyridine rings is 1. The molecule has 0 radical (unpaired) electrons. The molecule has 0 amide bonds. The minimum Gasteiger partial charge on any atom is -0.286 e. The number of hydrogen-bond acceptors (Lipinski definition) is 4. The maximum absolute atomic E-state index is 12.9. The predicted molar refractivity (Wildman–Crippen MR) is 99.5 cm³/mol. The second-order valence-corrected chi connectivity index (χ2v) is 8.60. The smallest absolute Gasteiger partial charge is 0.243 e. The highest BCUT2D eigenvalue weighted by molar-refractivity contribution is 7.89.